The lowest BCUT2D eigenvalue weighted by Crippen LogP contribution is -2.03. The lowest BCUT2D eigenvalue weighted by atomic mass is 10.1. The molecule has 0 amide bonds. The molecule has 0 spiro atoms. The third kappa shape index (κ3) is 2.39. The van der Waals surface area contributed by atoms with Crippen LogP contribution in [0.1, 0.15) is 11.1 Å². The normalized spacial score (nSPS) is 12.6. The van der Waals surface area contributed by atoms with E-state index >= 15 is 0 Å². The molecular weight excluding hydrogens is 280 g/mol. The molecule has 110 valence electrons. The van der Waals surface area contributed by atoms with E-state index in [9.17, 15) is 0 Å². The van der Waals surface area contributed by atoms with Crippen molar-refractivity contribution in [2.24, 2.45) is 0 Å². The molecule has 0 fully saturated rings. The Labute approximate surface area is 127 Å². The first-order valence-corrected chi connectivity index (χ1v) is 7.01. The minimum absolute atomic E-state index is 0.256. The quantitative estimate of drug-likeness (QED) is 0.742. The molecule has 0 N–H and O–H groups in total. The van der Waals surface area contributed by atoms with Gasteiger partial charge >= 0.3 is 0 Å². The van der Waals surface area contributed by atoms with Gasteiger partial charge in [0.15, 0.2) is 11.5 Å². The molecule has 6 nitrogen and oxygen atoms in total. The highest BCUT2D eigenvalue weighted by atomic mass is 16.7. The van der Waals surface area contributed by atoms with Gasteiger partial charge in [0.2, 0.25) is 12.6 Å². The van der Waals surface area contributed by atoms with Crippen LogP contribution in [0.5, 0.6) is 11.5 Å². The van der Waals surface area contributed by atoms with Gasteiger partial charge in [-0.05, 0) is 35.9 Å². The lowest BCUT2D eigenvalue weighted by Gasteiger charge is -2.00. The highest BCUT2D eigenvalue weighted by Gasteiger charge is 2.15. The molecule has 0 bridgehead atoms. The molecule has 1 aromatic heterocycles. The zero-order valence-corrected chi connectivity index (χ0v) is 12.1. The monoisotopic (exact) mass is 294 g/mol. The van der Waals surface area contributed by atoms with Crippen LogP contribution < -0.4 is 9.47 Å². The molecule has 2 heterocycles. The second kappa shape index (κ2) is 5.14. The number of rotatable bonds is 3. The smallest absolute Gasteiger partial charge is 0.231 e. The predicted octanol–water partition coefficient (Wildman–Crippen LogP) is 2.43. The zero-order chi connectivity index (χ0) is 14.9. The van der Waals surface area contributed by atoms with Crippen molar-refractivity contribution in [1.29, 1.82) is 0 Å². The van der Waals surface area contributed by atoms with E-state index in [1.165, 1.54) is 5.56 Å². The van der Waals surface area contributed by atoms with Crippen LogP contribution in [0, 0.1) is 6.92 Å². The highest BCUT2D eigenvalue weighted by molar-refractivity contribution is 5.60. The number of tetrazole rings is 1. The Morgan fingerprint density at radius 3 is 2.73 bits per heavy atom. The van der Waals surface area contributed by atoms with Gasteiger partial charge in [-0.2, -0.15) is 4.80 Å². The molecular formula is C16H14N4O2. The number of aryl methyl sites for hydroxylation is 1. The number of fused-ring (bicyclic) bond motifs is 1. The van der Waals surface area contributed by atoms with E-state index in [2.05, 4.69) is 46.6 Å². The van der Waals surface area contributed by atoms with Crippen molar-refractivity contribution in [2.45, 2.75) is 13.5 Å². The fraction of sp³-hybridized carbons (Fsp3) is 0.188. The van der Waals surface area contributed by atoms with Gasteiger partial charge < -0.3 is 9.47 Å². The average Bonchev–Trinajstić information content (AvgIpc) is 3.17. The Balaban J connectivity index is 1.57. The minimum atomic E-state index is 0.256. The number of nitrogens with zero attached hydrogens (tertiary/aromatic N) is 4. The minimum Gasteiger partial charge on any atom is -0.454 e. The first-order valence-electron chi connectivity index (χ1n) is 7.01. The summed E-state index contributed by atoms with van der Waals surface area (Å²) < 4.78 is 10.7. The summed E-state index contributed by atoms with van der Waals surface area (Å²) in [6.45, 7) is 2.92. The molecule has 22 heavy (non-hydrogen) atoms. The molecule has 2 aromatic carbocycles. The molecule has 6 heteroatoms. The Kier molecular flexibility index (Phi) is 3.00. The second-order valence-corrected chi connectivity index (χ2v) is 5.20. The van der Waals surface area contributed by atoms with Gasteiger partial charge in [0.1, 0.15) is 0 Å². The van der Waals surface area contributed by atoms with Crippen molar-refractivity contribution < 1.29 is 9.47 Å². The maximum absolute atomic E-state index is 5.37. The van der Waals surface area contributed by atoms with E-state index in [0.29, 0.717) is 18.1 Å². The van der Waals surface area contributed by atoms with E-state index < -0.39 is 0 Å². The fourth-order valence-electron chi connectivity index (χ4n) is 2.32. The van der Waals surface area contributed by atoms with Gasteiger partial charge in [-0.1, -0.05) is 29.8 Å². The summed E-state index contributed by atoms with van der Waals surface area (Å²) in [6.07, 6.45) is 0. The van der Waals surface area contributed by atoms with Crippen LogP contribution >= 0.6 is 0 Å². The van der Waals surface area contributed by atoms with Crippen LogP contribution in [-0.2, 0) is 6.54 Å². The number of aromatic nitrogens is 4. The Bertz CT molecular complexity index is 811. The van der Waals surface area contributed by atoms with Gasteiger partial charge in [-0.15, -0.1) is 10.2 Å². The van der Waals surface area contributed by atoms with E-state index in [0.717, 1.165) is 16.9 Å². The van der Waals surface area contributed by atoms with Crippen molar-refractivity contribution in [2.75, 3.05) is 6.79 Å². The number of benzene rings is 2. The Morgan fingerprint density at radius 2 is 1.86 bits per heavy atom. The molecule has 0 saturated heterocycles. The van der Waals surface area contributed by atoms with Gasteiger partial charge in [-0.3, -0.25) is 0 Å². The van der Waals surface area contributed by atoms with Crippen LogP contribution in [0.15, 0.2) is 42.5 Å². The SMILES string of the molecule is Cc1ccc(Cn2nnc(-c3ccc4c(c3)OCO4)n2)cc1. The molecule has 0 atom stereocenters. The van der Waals surface area contributed by atoms with Crippen LogP contribution in [0.25, 0.3) is 11.4 Å². The zero-order valence-electron chi connectivity index (χ0n) is 12.1. The van der Waals surface area contributed by atoms with E-state index in [1.807, 2.05) is 18.2 Å². The third-order valence-electron chi connectivity index (χ3n) is 3.53. The van der Waals surface area contributed by atoms with Crippen LogP contribution in [0.4, 0.5) is 0 Å². The van der Waals surface area contributed by atoms with Crippen molar-refractivity contribution in [3.05, 3.63) is 53.6 Å². The largest absolute Gasteiger partial charge is 0.454 e. The van der Waals surface area contributed by atoms with Crippen molar-refractivity contribution in [3.8, 4) is 22.9 Å². The average molecular weight is 294 g/mol. The summed E-state index contributed by atoms with van der Waals surface area (Å²) >= 11 is 0. The topological polar surface area (TPSA) is 62.1 Å². The summed E-state index contributed by atoms with van der Waals surface area (Å²) in [5.74, 6) is 2.04. The van der Waals surface area contributed by atoms with E-state index in [4.69, 9.17) is 9.47 Å². The summed E-state index contributed by atoms with van der Waals surface area (Å²) in [5, 5.41) is 12.6. The van der Waals surface area contributed by atoms with Gasteiger partial charge in [-0.25, -0.2) is 0 Å². The Hall–Kier alpha value is -2.89. The van der Waals surface area contributed by atoms with Gasteiger partial charge in [0.05, 0.1) is 6.54 Å². The second-order valence-electron chi connectivity index (χ2n) is 5.20. The molecule has 0 radical (unpaired) electrons. The summed E-state index contributed by atoms with van der Waals surface area (Å²) in [4.78, 5) is 1.59. The van der Waals surface area contributed by atoms with E-state index in [1.54, 1.807) is 4.80 Å². The number of ether oxygens (including phenoxy) is 2. The van der Waals surface area contributed by atoms with Crippen LogP contribution in [-0.4, -0.2) is 27.0 Å². The first kappa shape index (κ1) is 12.8. The fourth-order valence-corrected chi connectivity index (χ4v) is 2.32. The predicted molar refractivity (Wildman–Crippen MR) is 79.7 cm³/mol. The number of hydrogen-bond acceptors (Lipinski definition) is 5. The lowest BCUT2D eigenvalue weighted by molar-refractivity contribution is 0.174. The maximum Gasteiger partial charge on any atom is 0.231 e. The van der Waals surface area contributed by atoms with Crippen LogP contribution in [0.2, 0.25) is 0 Å². The van der Waals surface area contributed by atoms with Gasteiger partial charge in [0, 0.05) is 5.56 Å². The summed E-state index contributed by atoms with van der Waals surface area (Å²) in [6, 6.07) is 13.9. The summed E-state index contributed by atoms with van der Waals surface area (Å²) in [5.41, 5.74) is 3.23. The highest BCUT2D eigenvalue weighted by Crippen LogP contribution is 2.34. The molecule has 1 aliphatic heterocycles. The van der Waals surface area contributed by atoms with Crippen LogP contribution in [0.3, 0.4) is 0 Å². The van der Waals surface area contributed by atoms with Crippen molar-refractivity contribution in [1.82, 2.24) is 20.2 Å². The molecule has 3 aromatic rings. The molecule has 4 rings (SSSR count). The van der Waals surface area contributed by atoms with Gasteiger partial charge in [0.25, 0.3) is 0 Å². The molecule has 0 unspecified atom stereocenters. The van der Waals surface area contributed by atoms with E-state index in [-0.39, 0.29) is 6.79 Å². The molecule has 0 saturated carbocycles. The molecule has 1 aliphatic rings. The molecule has 0 aliphatic carbocycles. The van der Waals surface area contributed by atoms with Crippen molar-refractivity contribution >= 4 is 0 Å². The Morgan fingerprint density at radius 1 is 1.05 bits per heavy atom. The van der Waals surface area contributed by atoms with Crippen molar-refractivity contribution in [3.63, 3.8) is 0 Å². The first-order chi connectivity index (χ1) is 10.8. The summed E-state index contributed by atoms with van der Waals surface area (Å²) in [7, 11) is 0. The standard InChI is InChI=1S/C16H14N4O2/c1-11-2-4-12(5-3-11)9-20-18-16(17-19-20)13-6-7-14-15(8-13)22-10-21-14/h2-8H,9-10H2,1H3. The maximum atomic E-state index is 5.37. The third-order valence-corrected chi connectivity index (χ3v) is 3.53. The number of hydrogen-bond donors (Lipinski definition) is 0.